The van der Waals surface area contributed by atoms with Crippen LogP contribution in [0.15, 0.2) is 35.4 Å². The van der Waals surface area contributed by atoms with Crippen molar-refractivity contribution >= 4 is 17.6 Å². The number of pyridine rings is 1. The fraction of sp³-hybridized carbons (Fsp3) is 0.188. The number of carboxylic acids is 1. The molecule has 1 atom stereocenters. The second kappa shape index (κ2) is 6.03. The van der Waals surface area contributed by atoms with Crippen LogP contribution in [0.25, 0.3) is 16.8 Å². The smallest absolute Gasteiger partial charge is 0.326 e. The van der Waals surface area contributed by atoms with Crippen LogP contribution in [0, 0.1) is 5.82 Å². The number of aromatic nitrogens is 5. The number of hydrogen-bond donors (Lipinski definition) is 1. The van der Waals surface area contributed by atoms with Crippen LogP contribution in [-0.4, -0.2) is 35.9 Å². The summed E-state index contributed by atoms with van der Waals surface area (Å²) >= 11 is 5.92. The first-order chi connectivity index (χ1) is 12.5. The standard InChI is InChI=1S/C16H11ClFN5O3/c17-10-2-4-11(22-7-19-20-21-22)14(15(10)18)8-5-9-1-3-12(16(25)26)23(9)13(24)6-8/h2,4-7,12H,1,3H2,(H,25,26)/t12-/m0/s1. The third-order valence-electron chi connectivity index (χ3n) is 4.38. The van der Waals surface area contributed by atoms with Crippen LogP contribution in [-0.2, 0) is 11.2 Å². The Morgan fingerprint density at radius 2 is 2.15 bits per heavy atom. The molecule has 0 saturated carbocycles. The predicted molar refractivity (Wildman–Crippen MR) is 88.8 cm³/mol. The lowest BCUT2D eigenvalue weighted by molar-refractivity contribution is -0.140. The minimum Gasteiger partial charge on any atom is -0.480 e. The number of hydrogen-bond acceptors (Lipinski definition) is 5. The Balaban J connectivity index is 1.95. The average Bonchev–Trinajstić information content (AvgIpc) is 3.26. The summed E-state index contributed by atoms with van der Waals surface area (Å²) in [6, 6.07) is 4.81. The van der Waals surface area contributed by atoms with E-state index in [1.165, 1.54) is 27.7 Å². The number of fused-ring (bicyclic) bond motifs is 1. The van der Waals surface area contributed by atoms with Crippen LogP contribution < -0.4 is 5.56 Å². The molecule has 1 aliphatic rings. The van der Waals surface area contributed by atoms with Gasteiger partial charge in [-0.15, -0.1) is 5.10 Å². The van der Waals surface area contributed by atoms with Gasteiger partial charge in [0.05, 0.1) is 10.7 Å². The van der Waals surface area contributed by atoms with E-state index in [9.17, 15) is 19.1 Å². The van der Waals surface area contributed by atoms with Crippen molar-refractivity contribution in [2.24, 2.45) is 0 Å². The molecule has 0 unspecified atom stereocenters. The Morgan fingerprint density at radius 3 is 2.85 bits per heavy atom. The van der Waals surface area contributed by atoms with Crippen molar-refractivity contribution in [3.8, 4) is 16.8 Å². The highest BCUT2D eigenvalue weighted by atomic mass is 35.5. The van der Waals surface area contributed by atoms with Crippen molar-refractivity contribution < 1.29 is 14.3 Å². The van der Waals surface area contributed by atoms with Crippen molar-refractivity contribution in [2.45, 2.75) is 18.9 Å². The molecule has 0 spiro atoms. The quantitative estimate of drug-likeness (QED) is 0.749. The number of nitrogens with zero attached hydrogens (tertiary/aromatic N) is 5. The maximum Gasteiger partial charge on any atom is 0.326 e. The van der Waals surface area contributed by atoms with E-state index in [2.05, 4.69) is 15.5 Å². The maximum atomic E-state index is 14.8. The van der Waals surface area contributed by atoms with Crippen LogP contribution in [0.1, 0.15) is 18.2 Å². The van der Waals surface area contributed by atoms with Gasteiger partial charge in [-0.2, -0.15) is 4.68 Å². The molecular formula is C16H11ClFN5O3. The van der Waals surface area contributed by atoms with Crippen LogP contribution >= 0.6 is 11.6 Å². The Kier molecular flexibility index (Phi) is 3.80. The van der Waals surface area contributed by atoms with Gasteiger partial charge in [0.2, 0.25) is 0 Å². The van der Waals surface area contributed by atoms with Gasteiger partial charge in [-0.05, 0) is 47.0 Å². The Bertz CT molecular complexity index is 1080. The molecule has 1 aromatic carbocycles. The minimum atomic E-state index is -1.07. The highest BCUT2D eigenvalue weighted by Gasteiger charge is 2.30. The van der Waals surface area contributed by atoms with Gasteiger partial charge in [-0.25, -0.2) is 9.18 Å². The van der Waals surface area contributed by atoms with Gasteiger partial charge in [0.25, 0.3) is 5.56 Å². The third-order valence-corrected chi connectivity index (χ3v) is 4.67. The number of rotatable bonds is 3. The molecule has 0 fully saturated rings. The molecule has 0 amide bonds. The number of carbonyl (C=O) groups is 1. The van der Waals surface area contributed by atoms with Crippen LogP contribution in [0.3, 0.4) is 0 Å². The molecule has 0 aliphatic carbocycles. The van der Waals surface area contributed by atoms with Gasteiger partial charge < -0.3 is 5.11 Å². The summed E-state index contributed by atoms with van der Waals surface area (Å²) in [5.41, 5.74) is 0.697. The zero-order chi connectivity index (χ0) is 18.4. The first-order valence-electron chi connectivity index (χ1n) is 7.67. The number of tetrazole rings is 1. The number of aliphatic carboxylic acids is 1. The summed E-state index contributed by atoms with van der Waals surface area (Å²) in [6.07, 6.45) is 2.02. The highest BCUT2D eigenvalue weighted by molar-refractivity contribution is 6.31. The van der Waals surface area contributed by atoms with E-state index in [-0.39, 0.29) is 16.1 Å². The third kappa shape index (κ3) is 2.48. The molecule has 3 heterocycles. The fourth-order valence-electron chi connectivity index (χ4n) is 3.25. The van der Waals surface area contributed by atoms with Crippen molar-refractivity contribution in [1.82, 2.24) is 24.8 Å². The van der Waals surface area contributed by atoms with E-state index in [0.717, 1.165) is 0 Å². The lowest BCUT2D eigenvalue weighted by atomic mass is 10.0. The average molecular weight is 376 g/mol. The monoisotopic (exact) mass is 375 g/mol. The zero-order valence-corrected chi connectivity index (χ0v) is 13.9. The zero-order valence-electron chi connectivity index (χ0n) is 13.1. The normalized spacial score (nSPS) is 15.8. The molecule has 132 valence electrons. The summed E-state index contributed by atoms with van der Waals surface area (Å²) in [5.74, 6) is -1.78. The predicted octanol–water partition coefficient (Wildman–Crippen LogP) is 1.86. The van der Waals surface area contributed by atoms with E-state index in [4.69, 9.17) is 11.6 Å². The van der Waals surface area contributed by atoms with Gasteiger partial charge in [-0.1, -0.05) is 11.6 Å². The second-order valence-electron chi connectivity index (χ2n) is 5.85. The van der Waals surface area contributed by atoms with Crippen molar-refractivity contribution in [2.75, 3.05) is 0 Å². The Hall–Kier alpha value is -3.07. The summed E-state index contributed by atoms with van der Waals surface area (Å²) in [5, 5.41) is 20.0. The Morgan fingerprint density at radius 1 is 1.35 bits per heavy atom. The molecule has 2 aromatic heterocycles. The number of aryl methyl sites for hydroxylation is 1. The van der Waals surface area contributed by atoms with Gasteiger partial charge in [0.15, 0.2) is 5.82 Å². The molecule has 0 radical (unpaired) electrons. The first-order valence-corrected chi connectivity index (χ1v) is 8.05. The largest absolute Gasteiger partial charge is 0.480 e. The minimum absolute atomic E-state index is 0.0732. The molecule has 1 aliphatic heterocycles. The molecule has 1 N–H and O–H groups in total. The number of halogens is 2. The van der Waals surface area contributed by atoms with Crippen molar-refractivity contribution in [3.05, 3.63) is 57.5 Å². The summed E-state index contributed by atoms with van der Waals surface area (Å²) in [7, 11) is 0. The fourth-order valence-corrected chi connectivity index (χ4v) is 3.41. The van der Waals surface area contributed by atoms with E-state index in [0.29, 0.717) is 24.2 Å². The van der Waals surface area contributed by atoms with Crippen LogP contribution in [0.4, 0.5) is 4.39 Å². The second-order valence-corrected chi connectivity index (χ2v) is 6.25. The molecule has 26 heavy (non-hydrogen) atoms. The molecular weight excluding hydrogens is 365 g/mol. The molecule has 4 rings (SSSR count). The molecule has 3 aromatic rings. The van der Waals surface area contributed by atoms with Crippen LogP contribution in [0.2, 0.25) is 5.02 Å². The highest BCUT2D eigenvalue weighted by Crippen LogP contribution is 2.34. The van der Waals surface area contributed by atoms with Crippen molar-refractivity contribution in [1.29, 1.82) is 0 Å². The summed E-state index contributed by atoms with van der Waals surface area (Å²) < 4.78 is 17.3. The summed E-state index contributed by atoms with van der Waals surface area (Å²) in [4.78, 5) is 23.8. The summed E-state index contributed by atoms with van der Waals surface area (Å²) in [6.45, 7) is 0. The molecule has 0 saturated heterocycles. The molecule has 0 bridgehead atoms. The van der Waals surface area contributed by atoms with E-state index >= 15 is 0 Å². The maximum absolute atomic E-state index is 14.8. The van der Waals surface area contributed by atoms with E-state index < -0.39 is 23.4 Å². The lowest BCUT2D eigenvalue weighted by Gasteiger charge is -2.14. The Labute approximate surface area is 150 Å². The topological polar surface area (TPSA) is 103 Å². The number of benzene rings is 1. The molecule has 10 heteroatoms. The van der Waals surface area contributed by atoms with Gasteiger partial charge in [0.1, 0.15) is 12.4 Å². The van der Waals surface area contributed by atoms with Crippen LogP contribution in [0.5, 0.6) is 0 Å². The molecule has 8 nitrogen and oxygen atoms in total. The van der Waals surface area contributed by atoms with Gasteiger partial charge in [-0.3, -0.25) is 9.36 Å². The van der Waals surface area contributed by atoms with Gasteiger partial charge >= 0.3 is 5.97 Å². The SMILES string of the molecule is O=C(O)[C@@H]1CCc2cc(-c3c(-n4cnnn4)ccc(Cl)c3F)cc(=O)n21. The first kappa shape index (κ1) is 16.4. The van der Waals surface area contributed by atoms with E-state index in [1.807, 2.05) is 0 Å². The van der Waals surface area contributed by atoms with E-state index in [1.54, 1.807) is 12.1 Å². The van der Waals surface area contributed by atoms with Crippen molar-refractivity contribution in [3.63, 3.8) is 0 Å². The van der Waals surface area contributed by atoms with Gasteiger partial charge in [0, 0.05) is 17.3 Å². The lowest BCUT2D eigenvalue weighted by Crippen LogP contribution is -2.27. The number of carboxylic acid groups (broad SMARTS) is 1.